The van der Waals surface area contributed by atoms with E-state index in [1.54, 1.807) is 36.5 Å². The molecule has 0 saturated carbocycles. The molecule has 0 radical (unpaired) electrons. The summed E-state index contributed by atoms with van der Waals surface area (Å²) in [4.78, 5) is 4.20. The third-order valence-corrected chi connectivity index (χ3v) is 5.40. The van der Waals surface area contributed by atoms with Crippen LogP contribution in [0.3, 0.4) is 0 Å². The first-order valence-electron chi connectivity index (χ1n) is 7.10. The molecule has 24 heavy (non-hydrogen) atoms. The molecule has 122 valence electrons. The zero-order valence-electron chi connectivity index (χ0n) is 12.4. The first-order chi connectivity index (χ1) is 11.5. The Kier molecular flexibility index (Phi) is 3.54. The average Bonchev–Trinajstić information content (AvgIpc) is 3.13. The lowest BCUT2D eigenvalue weighted by atomic mass is 9.87. The lowest BCUT2D eigenvalue weighted by Crippen LogP contribution is -2.50. The van der Waals surface area contributed by atoms with Crippen LogP contribution in [0.5, 0.6) is 5.88 Å². The van der Waals surface area contributed by atoms with Crippen molar-refractivity contribution in [2.75, 3.05) is 7.11 Å². The summed E-state index contributed by atoms with van der Waals surface area (Å²) in [6.45, 7) is -4.02. The number of rotatable bonds is 2. The number of nitrogens with zero attached hydrogens (tertiary/aromatic N) is 3. The highest BCUT2D eigenvalue weighted by molar-refractivity contribution is 9.18. The topological polar surface area (TPSA) is 30.1 Å². The number of methoxy groups -OCH3 is 1. The molecular weight excluding hydrogens is 447 g/mol. The first kappa shape index (κ1) is 15.8. The van der Waals surface area contributed by atoms with Gasteiger partial charge < -0.3 is 22.3 Å². The monoisotopic (exact) mass is 455 g/mol. The van der Waals surface area contributed by atoms with Crippen LogP contribution in [0.4, 0.5) is 8.63 Å². The Labute approximate surface area is 153 Å². The fraction of sp³-hybridized carbons (Fsp3) is 0.0667. The van der Waals surface area contributed by atoms with E-state index in [-0.39, 0.29) is 0 Å². The largest absolute Gasteiger partial charge is 0.738 e. The Bertz CT molecular complexity index is 965. The van der Waals surface area contributed by atoms with Gasteiger partial charge in [-0.15, -0.1) is 0 Å². The van der Waals surface area contributed by atoms with Gasteiger partial charge >= 0.3 is 6.97 Å². The predicted molar refractivity (Wildman–Crippen MR) is 95.6 cm³/mol. The molecule has 0 unspecified atom stereocenters. The van der Waals surface area contributed by atoms with Crippen LogP contribution in [0.2, 0.25) is 0 Å². The summed E-state index contributed by atoms with van der Waals surface area (Å²) in [5, 5.41) is 0. The summed E-state index contributed by atoms with van der Waals surface area (Å²) in [7, 11) is 1.51. The Morgan fingerprint density at radius 1 is 1.21 bits per heavy atom. The van der Waals surface area contributed by atoms with Gasteiger partial charge in [0.05, 0.1) is 22.8 Å². The highest BCUT2D eigenvalue weighted by Crippen LogP contribution is 2.43. The molecule has 0 spiro atoms. The fourth-order valence-corrected chi connectivity index (χ4v) is 4.29. The zero-order chi connectivity index (χ0) is 17.1. The molecule has 2 aromatic heterocycles. The van der Waals surface area contributed by atoms with Crippen molar-refractivity contribution < 1.29 is 17.9 Å². The third-order valence-electron chi connectivity index (χ3n) is 4.10. The summed E-state index contributed by atoms with van der Waals surface area (Å²) in [6.07, 6.45) is 4.90. The number of allylic oxidation sites excluding steroid dienone is 2. The molecule has 0 aromatic carbocycles. The van der Waals surface area contributed by atoms with E-state index in [2.05, 4.69) is 36.8 Å². The molecule has 2 aliphatic heterocycles. The van der Waals surface area contributed by atoms with E-state index in [9.17, 15) is 0 Å². The van der Waals surface area contributed by atoms with Gasteiger partial charge in [0.1, 0.15) is 0 Å². The molecule has 0 bridgehead atoms. The summed E-state index contributed by atoms with van der Waals surface area (Å²) >= 11 is 6.48. The molecule has 9 heteroatoms. The van der Waals surface area contributed by atoms with Crippen LogP contribution in [-0.4, -0.2) is 32.6 Å². The lowest BCUT2D eigenvalue weighted by Gasteiger charge is -2.32. The maximum absolute atomic E-state index is 15.1. The van der Waals surface area contributed by atoms with E-state index in [1.807, 2.05) is 6.07 Å². The second kappa shape index (κ2) is 5.39. The zero-order valence-corrected chi connectivity index (χ0v) is 15.6. The van der Waals surface area contributed by atoms with Crippen molar-refractivity contribution >= 4 is 49.0 Å². The Morgan fingerprint density at radius 2 is 2.00 bits per heavy atom. The quantitative estimate of drug-likeness (QED) is 0.639. The Hall–Kier alpha value is -1.74. The standard InChI is InChI=1S/C15H10BBr2F2N3O/c1-24-15-9(3-2-8-21-15)14-10-4-6-12(17)22(10)16(19,20)23-11(14)5-7-13(23)18/h2-8H,1H3. The number of fused-ring (bicyclic) bond motifs is 2. The molecule has 2 aliphatic rings. The van der Waals surface area contributed by atoms with Gasteiger partial charge in [-0.05, 0) is 40.2 Å². The Balaban J connectivity index is 2.13. The lowest BCUT2D eigenvalue weighted by molar-refractivity contribution is -0.358. The van der Waals surface area contributed by atoms with E-state index < -0.39 is 6.97 Å². The molecule has 0 aliphatic carbocycles. The minimum absolute atomic E-state index is 0.314. The number of halogens is 4. The van der Waals surface area contributed by atoms with Gasteiger partial charge in [-0.2, -0.15) is 0 Å². The molecule has 4 rings (SSSR count). The summed E-state index contributed by atoms with van der Waals surface area (Å²) in [5.74, 6) is 0.387. The smallest absolute Gasteiger partial charge is 0.481 e. The van der Waals surface area contributed by atoms with Crippen LogP contribution in [0.25, 0.3) is 5.57 Å². The molecule has 0 atom stereocenters. The fourth-order valence-electron chi connectivity index (χ4n) is 3.15. The van der Waals surface area contributed by atoms with Crippen LogP contribution in [0, 0.1) is 0 Å². The van der Waals surface area contributed by atoms with Crippen LogP contribution in [0.15, 0.2) is 52.9 Å². The van der Waals surface area contributed by atoms with Crippen LogP contribution >= 0.6 is 31.9 Å². The molecule has 0 saturated heterocycles. The minimum atomic E-state index is -4.02. The highest BCUT2D eigenvalue weighted by atomic mass is 79.9. The van der Waals surface area contributed by atoms with Gasteiger partial charge in [0, 0.05) is 40.0 Å². The van der Waals surface area contributed by atoms with E-state index >= 15 is 8.63 Å². The van der Waals surface area contributed by atoms with Gasteiger partial charge in [0.25, 0.3) is 0 Å². The second-order valence-corrected chi connectivity index (χ2v) is 6.97. The number of pyridine rings is 1. The predicted octanol–water partition coefficient (Wildman–Crippen LogP) is 4.03. The van der Waals surface area contributed by atoms with Crippen LogP contribution in [-0.2, 0) is 0 Å². The molecule has 0 amide bonds. The van der Waals surface area contributed by atoms with Crippen molar-refractivity contribution in [1.82, 2.24) is 9.46 Å². The van der Waals surface area contributed by atoms with Crippen molar-refractivity contribution in [2.24, 2.45) is 0 Å². The van der Waals surface area contributed by atoms with Crippen molar-refractivity contribution in [1.29, 1.82) is 0 Å². The number of hydrogen-bond donors (Lipinski definition) is 0. The number of aromatic nitrogens is 2. The Morgan fingerprint density at radius 3 is 2.75 bits per heavy atom. The van der Waals surface area contributed by atoms with Gasteiger partial charge in [0.2, 0.25) is 10.5 Å². The second-order valence-electron chi connectivity index (χ2n) is 5.35. The SMILES string of the molecule is COc1ncccc1C1=C2C=CC(Br)=[N+]2[B-](F)(F)n2c(Br)ccc21. The van der Waals surface area contributed by atoms with Crippen molar-refractivity contribution in [3.8, 4) is 5.88 Å². The van der Waals surface area contributed by atoms with Gasteiger partial charge in [-0.25, -0.2) is 4.98 Å². The van der Waals surface area contributed by atoms with Crippen molar-refractivity contribution in [3.63, 3.8) is 0 Å². The van der Waals surface area contributed by atoms with Crippen molar-refractivity contribution in [3.05, 3.63) is 64.2 Å². The number of hydrogen-bond acceptors (Lipinski definition) is 2. The maximum atomic E-state index is 15.1. The molecule has 4 heterocycles. The normalized spacial score (nSPS) is 18.0. The highest BCUT2D eigenvalue weighted by Gasteiger charge is 2.54. The van der Waals surface area contributed by atoms with Gasteiger partial charge in [-0.1, -0.05) is 0 Å². The summed E-state index contributed by atoms with van der Waals surface area (Å²) < 4.78 is 38.2. The van der Waals surface area contributed by atoms with E-state index in [0.29, 0.717) is 37.6 Å². The maximum Gasteiger partial charge on any atom is 0.738 e. The van der Waals surface area contributed by atoms with Crippen LogP contribution < -0.4 is 4.74 Å². The summed E-state index contributed by atoms with van der Waals surface area (Å²) in [5.41, 5.74) is 2.13. The van der Waals surface area contributed by atoms with Gasteiger partial charge in [0.15, 0.2) is 5.70 Å². The average molecular weight is 457 g/mol. The first-order valence-corrected chi connectivity index (χ1v) is 8.68. The van der Waals surface area contributed by atoms with E-state index in [1.165, 1.54) is 7.11 Å². The molecule has 4 nitrogen and oxygen atoms in total. The summed E-state index contributed by atoms with van der Waals surface area (Å²) in [6, 6.07) is 6.86. The molecule has 2 aromatic rings. The molecule has 0 N–H and O–H groups in total. The van der Waals surface area contributed by atoms with E-state index in [4.69, 9.17) is 4.74 Å². The minimum Gasteiger partial charge on any atom is -0.481 e. The van der Waals surface area contributed by atoms with Gasteiger partial charge in [-0.3, -0.25) is 0 Å². The molecular formula is C15H10BBr2F2N3O. The van der Waals surface area contributed by atoms with E-state index in [0.717, 1.165) is 8.96 Å². The van der Waals surface area contributed by atoms with Crippen molar-refractivity contribution in [2.45, 2.75) is 0 Å². The number of ether oxygens (including phenoxy) is 1. The van der Waals surface area contributed by atoms with Crippen LogP contribution in [0.1, 0.15) is 11.3 Å². The molecule has 0 fully saturated rings. The third kappa shape index (κ3) is 2.00.